The molecule has 0 fully saturated rings. The third kappa shape index (κ3) is 2.68. The fourth-order valence-electron chi connectivity index (χ4n) is 2.73. The van der Waals surface area contributed by atoms with Gasteiger partial charge in [-0.2, -0.15) is 0 Å². The first kappa shape index (κ1) is 13.5. The molecular weight excluding hydrogens is 314 g/mol. The molecule has 1 heterocycles. The van der Waals surface area contributed by atoms with Gasteiger partial charge in [-0.05, 0) is 54.3 Å². The Morgan fingerprint density at radius 1 is 1.15 bits per heavy atom. The largest absolute Gasteiger partial charge is 0.493 e. The van der Waals surface area contributed by atoms with Crippen molar-refractivity contribution in [2.24, 2.45) is 0 Å². The minimum Gasteiger partial charge on any atom is -0.493 e. The first-order valence-corrected chi connectivity index (χ1v) is 7.68. The second kappa shape index (κ2) is 5.49. The van der Waals surface area contributed by atoms with Crippen LogP contribution in [-0.2, 0) is 13.0 Å². The Bertz CT molecular complexity index is 628. The van der Waals surface area contributed by atoms with Crippen LogP contribution in [0.2, 0.25) is 0 Å². The zero-order valence-electron chi connectivity index (χ0n) is 11.8. The van der Waals surface area contributed by atoms with E-state index in [0.29, 0.717) is 0 Å². The van der Waals surface area contributed by atoms with Gasteiger partial charge in [-0.25, -0.2) is 0 Å². The average Bonchev–Trinajstić information content (AvgIpc) is 2.84. The Hall–Kier alpha value is -1.48. The van der Waals surface area contributed by atoms with Crippen molar-refractivity contribution in [2.45, 2.75) is 26.8 Å². The predicted molar refractivity (Wildman–Crippen MR) is 86.6 cm³/mol. The summed E-state index contributed by atoms with van der Waals surface area (Å²) in [7, 11) is 0. The maximum absolute atomic E-state index is 5.54. The summed E-state index contributed by atoms with van der Waals surface area (Å²) >= 11 is 3.54. The van der Waals surface area contributed by atoms with E-state index in [2.05, 4.69) is 65.4 Å². The molecule has 0 amide bonds. The normalized spacial score (nSPS) is 12.9. The molecule has 0 unspecified atom stereocenters. The van der Waals surface area contributed by atoms with Crippen LogP contribution in [0.25, 0.3) is 0 Å². The number of rotatable bonds is 3. The fourth-order valence-corrected chi connectivity index (χ4v) is 3.42. The standard InChI is InChI=1S/C17H18BrNO/c1-11-7-15(18)8-12(2)17(11)19-10-13-3-4-16-14(9-13)5-6-20-16/h3-4,7-9,19H,5-6,10H2,1-2H3. The van der Waals surface area contributed by atoms with Gasteiger partial charge < -0.3 is 10.1 Å². The van der Waals surface area contributed by atoms with Gasteiger partial charge in [0.1, 0.15) is 5.75 Å². The van der Waals surface area contributed by atoms with Gasteiger partial charge in [-0.1, -0.05) is 28.1 Å². The zero-order chi connectivity index (χ0) is 14.1. The Labute approximate surface area is 128 Å². The molecule has 0 spiro atoms. The molecule has 0 saturated carbocycles. The summed E-state index contributed by atoms with van der Waals surface area (Å²) in [6.07, 6.45) is 1.03. The zero-order valence-corrected chi connectivity index (χ0v) is 13.4. The van der Waals surface area contributed by atoms with Crippen LogP contribution in [0.4, 0.5) is 5.69 Å². The van der Waals surface area contributed by atoms with E-state index in [0.717, 1.165) is 29.8 Å². The van der Waals surface area contributed by atoms with Crippen molar-refractivity contribution >= 4 is 21.6 Å². The molecule has 2 aromatic carbocycles. The highest BCUT2D eigenvalue weighted by Crippen LogP contribution is 2.28. The lowest BCUT2D eigenvalue weighted by Gasteiger charge is -2.14. The summed E-state index contributed by atoms with van der Waals surface area (Å²) in [6.45, 7) is 5.93. The second-order valence-corrected chi connectivity index (χ2v) is 6.22. The van der Waals surface area contributed by atoms with Crippen molar-refractivity contribution < 1.29 is 4.74 Å². The number of ether oxygens (including phenoxy) is 1. The van der Waals surface area contributed by atoms with Gasteiger partial charge in [0.25, 0.3) is 0 Å². The number of aryl methyl sites for hydroxylation is 2. The minimum atomic E-state index is 0.817. The summed E-state index contributed by atoms with van der Waals surface area (Å²) < 4.78 is 6.67. The van der Waals surface area contributed by atoms with E-state index in [1.807, 2.05) is 0 Å². The molecule has 0 atom stereocenters. The third-order valence-corrected chi connectivity index (χ3v) is 4.18. The first-order chi connectivity index (χ1) is 9.63. The molecule has 104 valence electrons. The van der Waals surface area contributed by atoms with E-state index in [4.69, 9.17) is 4.74 Å². The predicted octanol–water partition coefficient (Wildman–Crippen LogP) is 4.61. The van der Waals surface area contributed by atoms with Crippen LogP contribution in [0.5, 0.6) is 5.75 Å². The molecule has 20 heavy (non-hydrogen) atoms. The molecule has 0 bridgehead atoms. The molecule has 3 heteroatoms. The van der Waals surface area contributed by atoms with Crippen LogP contribution in [0, 0.1) is 13.8 Å². The summed E-state index contributed by atoms with van der Waals surface area (Å²) in [5.41, 5.74) is 6.39. The maximum atomic E-state index is 5.54. The summed E-state index contributed by atoms with van der Waals surface area (Å²) in [5.74, 6) is 1.05. The molecule has 2 nitrogen and oxygen atoms in total. The van der Waals surface area contributed by atoms with Crippen molar-refractivity contribution in [3.05, 3.63) is 57.1 Å². The number of fused-ring (bicyclic) bond motifs is 1. The topological polar surface area (TPSA) is 21.3 Å². The number of halogens is 1. The molecule has 0 aromatic heterocycles. The van der Waals surface area contributed by atoms with Gasteiger partial charge in [0.05, 0.1) is 6.61 Å². The molecule has 1 N–H and O–H groups in total. The molecule has 3 rings (SSSR count). The van der Waals surface area contributed by atoms with Crippen LogP contribution in [0.3, 0.4) is 0 Å². The summed E-state index contributed by atoms with van der Waals surface area (Å²) in [4.78, 5) is 0. The van der Waals surface area contributed by atoms with Crippen molar-refractivity contribution in [3.8, 4) is 5.75 Å². The maximum Gasteiger partial charge on any atom is 0.122 e. The monoisotopic (exact) mass is 331 g/mol. The van der Waals surface area contributed by atoms with Crippen LogP contribution in [0.1, 0.15) is 22.3 Å². The lowest BCUT2D eigenvalue weighted by atomic mass is 10.1. The van der Waals surface area contributed by atoms with Crippen LogP contribution in [-0.4, -0.2) is 6.61 Å². The molecule has 1 aliphatic rings. The van der Waals surface area contributed by atoms with Gasteiger partial charge in [-0.3, -0.25) is 0 Å². The molecular formula is C17H18BrNO. The Morgan fingerprint density at radius 3 is 2.65 bits per heavy atom. The summed E-state index contributed by atoms with van der Waals surface area (Å²) in [6, 6.07) is 10.8. The highest BCUT2D eigenvalue weighted by atomic mass is 79.9. The van der Waals surface area contributed by atoms with Crippen LogP contribution in [0.15, 0.2) is 34.8 Å². The lowest BCUT2D eigenvalue weighted by Crippen LogP contribution is -2.03. The molecule has 0 saturated heterocycles. The highest BCUT2D eigenvalue weighted by Gasteiger charge is 2.12. The lowest BCUT2D eigenvalue weighted by molar-refractivity contribution is 0.357. The van der Waals surface area contributed by atoms with E-state index < -0.39 is 0 Å². The van der Waals surface area contributed by atoms with Gasteiger partial charge in [0.15, 0.2) is 0 Å². The molecule has 0 radical (unpaired) electrons. The number of benzene rings is 2. The first-order valence-electron chi connectivity index (χ1n) is 6.89. The van der Waals surface area contributed by atoms with E-state index in [9.17, 15) is 0 Å². The second-order valence-electron chi connectivity index (χ2n) is 5.31. The number of anilines is 1. The van der Waals surface area contributed by atoms with Gasteiger partial charge >= 0.3 is 0 Å². The van der Waals surface area contributed by atoms with Gasteiger partial charge in [0.2, 0.25) is 0 Å². The highest BCUT2D eigenvalue weighted by molar-refractivity contribution is 9.10. The van der Waals surface area contributed by atoms with Crippen molar-refractivity contribution in [1.82, 2.24) is 0 Å². The number of nitrogens with one attached hydrogen (secondary N) is 1. The average molecular weight is 332 g/mol. The van der Waals surface area contributed by atoms with E-state index in [1.54, 1.807) is 0 Å². The Balaban J connectivity index is 1.77. The Morgan fingerprint density at radius 2 is 1.90 bits per heavy atom. The Kier molecular flexibility index (Phi) is 3.70. The van der Waals surface area contributed by atoms with E-state index in [1.165, 1.54) is 27.9 Å². The van der Waals surface area contributed by atoms with Crippen molar-refractivity contribution in [1.29, 1.82) is 0 Å². The van der Waals surface area contributed by atoms with Crippen LogP contribution >= 0.6 is 15.9 Å². The quantitative estimate of drug-likeness (QED) is 0.886. The number of hydrogen-bond acceptors (Lipinski definition) is 2. The van der Waals surface area contributed by atoms with Gasteiger partial charge in [-0.15, -0.1) is 0 Å². The molecule has 2 aromatic rings. The van der Waals surface area contributed by atoms with E-state index >= 15 is 0 Å². The fraction of sp³-hybridized carbons (Fsp3) is 0.294. The van der Waals surface area contributed by atoms with Crippen LogP contribution < -0.4 is 10.1 Å². The molecule has 1 aliphatic heterocycles. The van der Waals surface area contributed by atoms with Crippen molar-refractivity contribution in [2.75, 3.05) is 11.9 Å². The summed E-state index contributed by atoms with van der Waals surface area (Å²) in [5, 5.41) is 3.55. The minimum absolute atomic E-state index is 0.817. The number of hydrogen-bond donors (Lipinski definition) is 1. The van der Waals surface area contributed by atoms with E-state index in [-0.39, 0.29) is 0 Å². The third-order valence-electron chi connectivity index (χ3n) is 3.72. The smallest absolute Gasteiger partial charge is 0.122 e. The SMILES string of the molecule is Cc1cc(Br)cc(C)c1NCc1ccc2c(c1)CCO2. The molecule has 0 aliphatic carbocycles. The van der Waals surface area contributed by atoms with Crippen molar-refractivity contribution in [3.63, 3.8) is 0 Å². The van der Waals surface area contributed by atoms with Gasteiger partial charge in [0, 0.05) is 23.1 Å².